The average Bonchev–Trinajstić information content (AvgIpc) is 3.09. The standard InChI is InChI=1S/C17H24N2O.ClH/c18-10-16(13-4-2-1-3-5-13)17(20)19-11-15-9-12-6-7-14(15)8-12;/h1-5,12,14-16H,6-11,18H2,(H,19,20);1H. The van der Waals surface area contributed by atoms with Crippen molar-refractivity contribution in [1.29, 1.82) is 0 Å². The van der Waals surface area contributed by atoms with E-state index in [0.29, 0.717) is 12.5 Å². The molecule has 21 heavy (non-hydrogen) atoms. The van der Waals surface area contributed by atoms with Gasteiger partial charge in [-0.05, 0) is 42.6 Å². The highest BCUT2D eigenvalue weighted by Crippen LogP contribution is 2.47. The summed E-state index contributed by atoms with van der Waals surface area (Å²) in [7, 11) is 0. The number of carbonyl (C=O) groups excluding carboxylic acids is 1. The molecule has 4 heteroatoms. The topological polar surface area (TPSA) is 55.1 Å². The summed E-state index contributed by atoms with van der Waals surface area (Å²) >= 11 is 0. The molecule has 1 aromatic carbocycles. The molecule has 0 saturated heterocycles. The van der Waals surface area contributed by atoms with Gasteiger partial charge in [-0.25, -0.2) is 0 Å². The van der Waals surface area contributed by atoms with E-state index in [0.717, 1.165) is 23.9 Å². The van der Waals surface area contributed by atoms with Crippen LogP contribution in [0.1, 0.15) is 37.2 Å². The Balaban J connectivity index is 0.00000161. The molecule has 4 unspecified atom stereocenters. The molecule has 0 spiro atoms. The van der Waals surface area contributed by atoms with Gasteiger partial charge in [0.15, 0.2) is 0 Å². The number of carbonyl (C=O) groups is 1. The zero-order chi connectivity index (χ0) is 13.9. The molecule has 116 valence electrons. The summed E-state index contributed by atoms with van der Waals surface area (Å²) in [6.07, 6.45) is 5.47. The van der Waals surface area contributed by atoms with Gasteiger partial charge in [0.2, 0.25) is 5.91 Å². The Hall–Kier alpha value is -1.06. The summed E-state index contributed by atoms with van der Waals surface area (Å²) in [5.74, 6) is 2.36. The van der Waals surface area contributed by atoms with Crippen molar-refractivity contribution in [2.45, 2.75) is 31.6 Å². The van der Waals surface area contributed by atoms with Crippen LogP contribution < -0.4 is 11.1 Å². The first-order valence-corrected chi connectivity index (χ1v) is 7.80. The Morgan fingerprint density at radius 1 is 1.24 bits per heavy atom. The van der Waals surface area contributed by atoms with Gasteiger partial charge < -0.3 is 11.1 Å². The molecule has 0 heterocycles. The van der Waals surface area contributed by atoms with Gasteiger partial charge in [0.05, 0.1) is 5.92 Å². The monoisotopic (exact) mass is 308 g/mol. The molecule has 4 atom stereocenters. The number of rotatable bonds is 5. The van der Waals surface area contributed by atoms with Crippen LogP contribution in [0.2, 0.25) is 0 Å². The number of benzene rings is 1. The molecule has 3 rings (SSSR count). The minimum atomic E-state index is -0.213. The van der Waals surface area contributed by atoms with E-state index in [1.54, 1.807) is 0 Å². The highest BCUT2D eigenvalue weighted by Gasteiger charge is 2.39. The van der Waals surface area contributed by atoms with Gasteiger partial charge in [-0.2, -0.15) is 0 Å². The molecule has 0 aromatic heterocycles. The fourth-order valence-electron chi connectivity index (χ4n) is 4.06. The minimum absolute atomic E-state index is 0. The van der Waals surface area contributed by atoms with Gasteiger partial charge in [-0.1, -0.05) is 36.8 Å². The predicted molar refractivity (Wildman–Crippen MR) is 87.4 cm³/mol. The van der Waals surface area contributed by atoms with Gasteiger partial charge in [0.25, 0.3) is 0 Å². The molecule has 0 aliphatic heterocycles. The average molecular weight is 309 g/mol. The largest absolute Gasteiger partial charge is 0.355 e. The van der Waals surface area contributed by atoms with Crippen LogP contribution in [0.25, 0.3) is 0 Å². The van der Waals surface area contributed by atoms with Crippen LogP contribution in [0.4, 0.5) is 0 Å². The summed E-state index contributed by atoms with van der Waals surface area (Å²) in [5.41, 5.74) is 6.80. The summed E-state index contributed by atoms with van der Waals surface area (Å²) in [6.45, 7) is 1.20. The number of amides is 1. The lowest BCUT2D eigenvalue weighted by Crippen LogP contribution is -2.37. The van der Waals surface area contributed by atoms with E-state index in [1.165, 1.54) is 25.7 Å². The summed E-state index contributed by atoms with van der Waals surface area (Å²) in [6, 6.07) is 9.84. The van der Waals surface area contributed by atoms with Crippen LogP contribution >= 0.6 is 12.4 Å². The molecular weight excluding hydrogens is 284 g/mol. The number of nitrogens with one attached hydrogen (secondary N) is 1. The molecule has 1 aromatic rings. The van der Waals surface area contributed by atoms with Crippen molar-refractivity contribution in [3.05, 3.63) is 35.9 Å². The fourth-order valence-corrected chi connectivity index (χ4v) is 4.06. The Labute approximate surface area is 133 Å². The van der Waals surface area contributed by atoms with Crippen molar-refractivity contribution in [2.75, 3.05) is 13.1 Å². The smallest absolute Gasteiger partial charge is 0.228 e. The van der Waals surface area contributed by atoms with Crippen molar-refractivity contribution in [2.24, 2.45) is 23.5 Å². The lowest BCUT2D eigenvalue weighted by molar-refractivity contribution is -0.122. The number of fused-ring (bicyclic) bond motifs is 2. The van der Waals surface area contributed by atoms with E-state index in [1.807, 2.05) is 30.3 Å². The maximum atomic E-state index is 12.3. The van der Waals surface area contributed by atoms with E-state index < -0.39 is 0 Å². The Bertz CT molecular complexity index is 465. The van der Waals surface area contributed by atoms with Crippen LogP contribution in [-0.2, 0) is 4.79 Å². The van der Waals surface area contributed by atoms with E-state index in [-0.39, 0.29) is 24.2 Å². The van der Waals surface area contributed by atoms with E-state index in [4.69, 9.17) is 5.73 Å². The van der Waals surface area contributed by atoms with Crippen molar-refractivity contribution >= 4 is 18.3 Å². The quantitative estimate of drug-likeness (QED) is 0.878. The second-order valence-corrected chi connectivity index (χ2v) is 6.38. The molecule has 3 N–H and O–H groups in total. The summed E-state index contributed by atoms with van der Waals surface area (Å²) in [4.78, 5) is 12.3. The first kappa shape index (κ1) is 16.3. The highest BCUT2D eigenvalue weighted by atomic mass is 35.5. The summed E-state index contributed by atoms with van der Waals surface area (Å²) < 4.78 is 0. The lowest BCUT2D eigenvalue weighted by atomic mass is 9.88. The molecule has 2 aliphatic carbocycles. The third-order valence-corrected chi connectivity index (χ3v) is 5.18. The minimum Gasteiger partial charge on any atom is -0.355 e. The second kappa shape index (κ2) is 7.28. The predicted octanol–water partition coefficient (Wildman–Crippen LogP) is 2.70. The van der Waals surface area contributed by atoms with E-state index >= 15 is 0 Å². The first-order chi connectivity index (χ1) is 9.78. The van der Waals surface area contributed by atoms with Gasteiger partial charge >= 0.3 is 0 Å². The van der Waals surface area contributed by atoms with Crippen molar-refractivity contribution < 1.29 is 4.79 Å². The van der Waals surface area contributed by atoms with Gasteiger partial charge in [-0.15, -0.1) is 12.4 Å². The zero-order valence-electron chi connectivity index (χ0n) is 12.3. The summed E-state index contributed by atoms with van der Waals surface area (Å²) in [5, 5.41) is 3.14. The van der Waals surface area contributed by atoms with Crippen molar-refractivity contribution in [1.82, 2.24) is 5.32 Å². The van der Waals surface area contributed by atoms with Crippen LogP contribution in [0, 0.1) is 17.8 Å². The normalized spacial score (nSPS) is 28.0. The lowest BCUT2D eigenvalue weighted by Gasteiger charge is -2.23. The second-order valence-electron chi connectivity index (χ2n) is 6.38. The van der Waals surface area contributed by atoms with Crippen molar-refractivity contribution in [3.63, 3.8) is 0 Å². The molecule has 2 bridgehead atoms. The van der Waals surface area contributed by atoms with Crippen molar-refractivity contribution in [3.8, 4) is 0 Å². The highest BCUT2D eigenvalue weighted by molar-refractivity contribution is 5.85. The van der Waals surface area contributed by atoms with Gasteiger partial charge in [0.1, 0.15) is 0 Å². The first-order valence-electron chi connectivity index (χ1n) is 7.80. The van der Waals surface area contributed by atoms with Crippen LogP contribution in [0.15, 0.2) is 30.3 Å². The maximum Gasteiger partial charge on any atom is 0.228 e. The molecule has 2 aliphatic rings. The van der Waals surface area contributed by atoms with Gasteiger partial charge in [0, 0.05) is 13.1 Å². The molecule has 0 radical (unpaired) electrons. The number of hydrogen-bond acceptors (Lipinski definition) is 2. The maximum absolute atomic E-state index is 12.3. The third-order valence-electron chi connectivity index (χ3n) is 5.18. The number of halogens is 1. The fraction of sp³-hybridized carbons (Fsp3) is 0.588. The Morgan fingerprint density at radius 2 is 2.00 bits per heavy atom. The molecule has 3 nitrogen and oxygen atoms in total. The Morgan fingerprint density at radius 3 is 2.57 bits per heavy atom. The molecule has 2 saturated carbocycles. The molecule has 1 amide bonds. The van der Waals surface area contributed by atoms with Crippen LogP contribution in [0.3, 0.4) is 0 Å². The van der Waals surface area contributed by atoms with Gasteiger partial charge in [-0.3, -0.25) is 4.79 Å². The molecular formula is C17H25ClN2O. The molecule has 2 fully saturated rings. The van der Waals surface area contributed by atoms with Crippen LogP contribution in [-0.4, -0.2) is 19.0 Å². The Kier molecular flexibility index (Phi) is 5.65. The number of nitrogens with two attached hydrogens (primary N) is 1. The SMILES string of the molecule is Cl.NCC(C(=O)NCC1CC2CCC1C2)c1ccccc1. The zero-order valence-corrected chi connectivity index (χ0v) is 13.1. The van der Waals surface area contributed by atoms with E-state index in [9.17, 15) is 4.79 Å². The third kappa shape index (κ3) is 3.58. The number of hydrogen-bond donors (Lipinski definition) is 2. The van der Waals surface area contributed by atoms with E-state index in [2.05, 4.69) is 5.32 Å². The van der Waals surface area contributed by atoms with Crippen LogP contribution in [0.5, 0.6) is 0 Å².